The number of nitrogens with two attached hydrogens (primary N) is 1. The Bertz CT molecular complexity index is 1450. The van der Waals surface area contributed by atoms with Gasteiger partial charge in [-0.2, -0.15) is 18.3 Å². The molecular formula is C24H19F4N5O2. The van der Waals surface area contributed by atoms with E-state index in [1.165, 1.54) is 41.0 Å². The summed E-state index contributed by atoms with van der Waals surface area (Å²) in [6, 6.07) is 11.1. The molecule has 4 rings (SSSR count). The number of carbonyl (C=O) groups excluding carboxylic acids is 2. The fourth-order valence-electron chi connectivity index (χ4n) is 3.62. The van der Waals surface area contributed by atoms with Crippen LogP contribution in [0.2, 0.25) is 0 Å². The summed E-state index contributed by atoms with van der Waals surface area (Å²) < 4.78 is 53.1. The van der Waals surface area contributed by atoms with Crippen LogP contribution in [0.1, 0.15) is 38.4 Å². The van der Waals surface area contributed by atoms with E-state index in [4.69, 9.17) is 5.73 Å². The molecule has 4 aromatic rings. The molecule has 2 aromatic heterocycles. The van der Waals surface area contributed by atoms with Gasteiger partial charge in [-0.05, 0) is 42.8 Å². The Morgan fingerprint density at radius 3 is 2.54 bits per heavy atom. The van der Waals surface area contributed by atoms with Crippen molar-refractivity contribution < 1.29 is 27.2 Å². The normalized spacial score (nSPS) is 11.6. The average molecular weight is 485 g/mol. The Hall–Kier alpha value is -4.28. The van der Waals surface area contributed by atoms with Crippen LogP contribution >= 0.6 is 0 Å². The standard InChI is InChI=1S/C24H19F4N5O2/c1-13-9-14(5-6-17(13)22(29)35)20-12-31-23-19(30-8-7-24(26,27)28)11-18(32-33(20)23)21(34)15-3-2-4-16(25)10-15/h2-6,9-12,30H,7-8H2,1H3,(H2,29,35). The summed E-state index contributed by atoms with van der Waals surface area (Å²) in [7, 11) is 0. The smallest absolute Gasteiger partial charge is 0.382 e. The molecule has 2 heterocycles. The lowest BCUT2D eigenvalue weighted by atomic mass is 10.0. The Labute approximate surface area is 196 Å². The lowest BCUT2D eigenvalue weighted by Crippen LogP contribution is -2.16. The molecular weight excluding hydrogens is 466 g/mol. The highest BCUT2D eigenvalue weighted by molar-refractivity contribution is 6.08. The predicted octanol–water partition coefficient (Wildman–Crippen LogP) is 4.54. The molecule has 0 radical (unpaired) electrons. The van der Waals surface area contributed by atoms with E-state index < -0.39 is 36.6 Å². The largest absolute Gasteiger partial charge is 0.390 e. The predicted molar refractivity (Wildman–Crippen MR) is 121 cm³/mol. The zero-order chi connectivity index (χ0) is 25.3. The maximum absolute atomic E-state index is 13.7. The molecule has 0 unspecified atom stereocenters. The summed E-state index contributed by atoms with van der Waals surface area (Å²) in [5, 5.41) is 7.02. The summed E-state index contributed by atoms with van der Waals surface area (Å²) in [5.41, 5.74) is 7.55. The van der Waals surface area contributed by atoms with E-state index in [1.54, 1.807) is 19.1 Å². The highest BCUT2D eigenvalue weighted by atomic mass is 19.4. The van der Waals surface area contributed by atoms with Crippen molar-refractivity contribution in [3.05, 3.63) is 82.9 Å². The minimum atomic E-state index is -4.38. The number of nitrogens with zero attached hydrogens (tertiary/aromatic N) is 3. The molecule has 2 aromatic carbocycles. The summed E-state index contributed by atoms with van der Waals surface area (Å²) >= 11 is 0. The third kappa shape index (κ3) is 5.13. The van der Waals surface area contributed by atoms with Crippen LogP contribution in [0.25, 0.3) is 16.9 Å². The van der Waals surface area contributed by atoms with E-state index in [1.807, 2.05) is 0 Å². The number of hydrogen-bond acceptors (Lipinski definition) is 5. The molecule has 0 fully saturated rings. The van der Waals surface area contributed by atoms with Crippen molar-refractivity contribution in [1.82, 2.24) is 14.6 Å². The Kier molecular flexibility index (Phi) is 6.25. The second-order valence-electron chi connectivity index (χ2n) is 7.85. The molecule has 11 heteroatoms. The van der Waals surface area contributed by atoms with E-state index in [2.05, 4.69) is 15.4 Å². The quantitative estimate of drug-likeness (QED) is 0.296. The zero-order valence-corrected chi connectivity index (χ0v) is 18.4. The van der Waals surface area contributed by atoms with Crippen LogP contribution < -0.4 is 11.1 Å². The van der Waals surface area contributed by atoms with Gasteiger partial charge in [0, 0.05) is 23.2 Å². The number of nitrogens with one attached hydrogen (secondary N) is 1. The molecule has 1 amide bonds. The van der Waals surface area contributed by atoms with Gasteiger partial charge in [0.2, 0.25) is 11.7 Å². The van der Waals surface area contributed by atoms with Gasteiger partial charge in [-0.3, -0.25) is 9.59 Å². The van der Waals surface area contributed by atoms with Crippen LogP contribution in [0.4, 0.5) is 23.2 Å². The first-order valence-corrected chi connectivity index (χ1v) is 10.4. The highest BCUT2D eigenvalue weighted by Gasteiger charge is 2.27. The van der Waals surface area contributed by atoms with Crippen molar-refractivity contribution >= 4 is 23.0 Å². The van der Waals surface area contributed by atoms with Gasteiger partial charge in [-0.15, -0.1) is 0 Å². The summed E-state index contributed by atoms with van der Waals surface area (Å²) in [4.78, 5) is 28.9. The zero-order valence-electron chi connectivity index (χ0n) is 18.4. The van der Waals surface area contributed by atoms with Gasteiger partial charge in [0.25, 0.3) is 0 Å². The lowest BCUT2D eigenvalue weighted by Gasteiger charge is -2.12. The molecule has 0 saturated heterocycles. The first kappa shape index (κ1) is 23.9. The number of rotatable bonds is 7. The number of aromatic nitrogens is 3. The lowest BCUT2D eigenvalue weighted by molar-refractivity contribution is -0.131. The molecule has 0 atom stereocenters. The van der Waals surface area contributed by atoms with Crippen LogP contribution in [0.5, 0.6) is 0 Å². The molecule has 0 spiro atoms. The Morgan fingerprint density at radius 2 is 1.89 bits per heavy atom. The third-order valence-corrected chi connectivity index (χ3v) is 5.30. The second kappa shape index (κ2) is 9.16. The molecule has 3 N–H and O–H groups in total. The van der Waals surface area contributed by atoms with E-state index >= 15 is 0 Å². The number of benzene rings is 2. The molecule has 0 bridgehead atoms. The fourth-order valence-corrected chi connectivity index (χ4v) is 3.62. The molecule has 7 nitrogen and oxygen atoms in total. The maximum atomic E-state index is 13.7. The van der Waals surface area contributed by atoms with Crippen LogP contribution in [0.3, 0.4) is 0 Å². The topological polar surface area (TPSA) is 102 Å². The number of aryl methyl sites for hydroxylation is 1. The van der Waals surface area contributed by atoms with Crippen molar-refractivity contribution in [3.8, 4) is 11.3 Å². The van der Waals surface area contributed by atoms with Gasteiger partial charge in [0.1, 0.15) is 11.5 Å². The van der Waals surface area contributed by atoms with Crippen LogP contribution in [0.15, 0.2) is 54.7 Å². The molecule has 0 aliphatic rings. The number of primary amides is 1. The maximum Gasteiger partial charge on any atom is 0.390 e. The number of halogens is 4. The van der Waals surface area contributed by atoms with Gasteiger partial charge in [0.15, 0.2) is 5.65 Å². The van der Waals surface area contributed by atoms with Crippen LogP contribution in [0, 0.1) is 12.7 Å². The van der Waals surface area contributed by atoms with Crippen molar-refractivity contribution in [1.29, 1.82) is 0 Å². The van der Waals surface area contributed by atoms with E-state index in [0.29, 0.717) is 22.4 Å². The number of ketones is 1. The third-order valence-electron chi connectivity index (χ3n) is 5.30. The summed E-state index contributed by atoms with van der Waals surface area (Å²) in [6.45, 7) is 1.24. The number of amides is 1. The average Bonchev–Trinajstić information content (AvgIpc) is 3.21. The van der Waals surface area contributed by atoms with E-state index in [9.17, 15) is 27.2 Å². The van der Waals surface area contributed by atoms with Gasteiger partial charge in [-0.1, -0.05) is 18.2 Å². The first-order chi connectivity index (χ1) is 16.5. The SMILES string of the molecule is Cc1cc(-c2cnc3c(NCCC(F)(F)F)cc(C(=O)c4cccc(F)c4)nn23)ccc1C(N)=O. The first-order valence-electron chi connectivity index (χ1n) is 10.4. The minimum Gasteiger partial charge on any atom is -0.382 e. The van der Waals surface area contributed by atoms with Crippen molar-refractivity contribution in [2.75, 3.05) is 11.9 Å². The van der Waals surface area contributed by atoms with Crippen molar-refractivity contribution in [2.45, 2.75) is 19.5 Å². The van der Waals surface area contributed by atoms with E-state index in [0.717, 1.165) is 6.07 Å². The second-order valence-corrected chi connectivity index (χ2v) is 7.85. The van der Waals surface area contributed by atoms with Crippen LogP contribution in [-0.2, 0) is 0 Å². The molecule has 180 valence electrons. The highest BCUT2D eigenvalue weighted by Crippen LogP contribution is 2.28. The molecule has 0 aliphatic carbocycles. The summed E-state index contributed by atoms with van der Waals surface area (Å²) in [6.07, 6.45) is -4.03. The van der Waals surface area contributed by atoms with E-state index in [-0.39, 0.29) is 22.6 Å². The van der Waals surface area contributed by atoms with Gasteiger partial charge < -0.3 is 11.1 Å². The fraction of sp³-hybridized carbons (Fsp3) is 0.167. The number of imidazole rings is 1. The van der Waals surface area contributed by atoms with Crippen molar-refractivity contribution in [3.63, 3.8) is 0 Å². The van der Waals surface area contributed by atoms with Gasteiger partial charge >= 0.3 is 6.18 Å². The van der Waals surface area contributed by atoms with Crippen LogP contribution in [-0.4, -0.2) is 39.0 Å². The Balaban J connectivity index is 1.83. The number of carbonyl (C=O) groups is 2. The van der Waals surface area contributed by atoms with Crippen molar-refractivity contribution in [2.24, 2.45) is 5.73 Å². The molecule has 35 heavy (non-hydrogen) atoms. The number of anilines is 1. The minimum absolute atomic E-state index is 0.0291. The Morgan fingerprint density at radius 1 is 1.11 bits per heavy atom. The molecule has 0 aliphatic heterocycles. The van der Waals surface area contributed by atoms with Gasteiger partial charge in [0.05, 0.1) is 24.0 Å². The number of fused-ring (bicyclic) bond motifs is 1. The van der Waals surface area contributed by atoms with Gasteiger partial charge in [-0.25, -0.2) is 13.9 Å². The number of hydrogen-bond donors (Lipinski definition) is 2. The summed E-state index contributed by atoms with van der Waals surface area (Å²) in [5.74, 6) is -1.83. The monoisotopic (exact) mass is 485 g/mol. The number of alkyl halides is 3. The molecule has 0 saturated carbocycles.